The standard InChI is InChI=1S/C14H15Cl2N5OS/c1-3-6-18-13(22)8(2)23-14-20-19-12(21(14)17)10-5-4-9(15)7-11(10)16/h3-5,7-8H,1,6,17H2,2H3,(H,18,22). The highest BCUT2D eigenvalue weighted by atomic mass is 35.5. The lowest BCUT2D eigenvalue weighted by Gasteiger charge is -2.10. The Kier molecular flexibility index (Phi) is 5.92. The number of nitrogens with one attached hydrogen (secondary N) is 1. The highest BCUT2D eigenvalue weighted by Crippen LogP contribution is 2.30. The Morgan fingerprint density at radius 2 is 2.26 bits per heavy atom. The van der Waals surface area contributed by atoms with Gasteiger partial charge in [-0.2, -0.15) is 0 Å². The molecule has 1 heterocycles. The summed E-state index contributed by atoms with van der Waals surface area (Å²) in [4.78, 5) is 11.9. The van der Waals surface area contributed by atoms with Crippen molar-refractivity contribution >= 4 is 40.9 Å². The molecule has 0 aliphatic heterocycles. The molecule has 0 saturated heterocycles. The zero-order chi connectivity index (χ0) is 17.0. The molecule has 1 unspecified atom stereocenters. The number of aromatic nitrogens is 3. The van der Waals surface area contributed by atoms with E-state index in [4.69, 9.17) is 29.0 Å². The summed E-state index contributed by atoms with van der Waals surface area (Å²) in [6.07, 6.45) is 1.61. The first kappa shape index (κ1) is 17.7. The number of hydrogen-bond donors (Lipinski definition) is 2. The number of carbonyl (C=O) groups is 1. The number of halogens is 2. The Hall–Kier alpha value is -1.70. The van der Waals surface area contributed by atoms with Gasteiger partial charge >= 0.3 is 0 Å². The number of hydrogen-bond acceptors (Lipinski definition) is 5. The van der Waals surface area contributed by atoms with E-state index in [2.05, 4.69) is 22.1 Å². The van der Waals surface area contributed by atoms with Gasteiger partial charge in [-0.1, -0.05) is 41.0 Å². The van der Waals surface area contributed by atoms with Gasteiger partial charge < -0.3 is 11.2 Å². The van der Waals surface area contributed by atoms with Crippen molar-refractivity contribution in [2.24, 2.45) is 0 Å². The summed E-state index contributed by atoms with van der Waals surface area (Å²) in [5.74, 6) is 6.28. The fraction of sp³-hybridized carbons (Fsp3) is 0.214. The summed E-state index contributed by atoms with van der Waals surface area (Å²) >= 11 is 13.2. The van der Waals surface area contributed by atoms with Gasteiger partial charge in [-0.25, -0.2) is 4.68 Å². The first-order valence-corrected chi connectivity index (χ1v) is 8.28. The third-order valence-corrected chi connectivity index (χ3v) is 4.51. The number of nitrogens with zero attached hydrogens (tertiary/aromatic N) is 3. The molecule has 2 rings (SSSR count). The molecule has 0 radical (unpaired) electrons. The van der Waals surface area contributed by atoms with Crippen LogP contribution >= 0.6 is 35.0 Å². The molecular formula is C14H15Cl2N5OS. The lowest BCUT2D eigenvalue weighted by molar-refractivity contribution is -0.120. The Bertz CT molecular complexity index is 734. The topological polar surface area (TPSA) is 85.8 Å². The molecule has 0 bridgehead atoms. The van der Waals surface area contributed by atoms with Crippen molar-refractivity contribution in [2.45, 2.75) is 17.3 Å². The second kappa shape index (κ2) is 7.72. The van der Waals surface area contributed by atoms with Crippen molar-refractivity contribution in [3.05, 3.63) is 40.9 Å². The molecule has 6 nitrogen and oxygen atoms in total. The van der Waals surface area contributed by atoms with Crippen molar-refractivity contribution < 1.29 is 4.79 Å². The van der Waals surface area contributed by atoms with Crippen LogP contribution in [-0.2, 0) is 4.79 Å². The summed E-state index contributed by atoms with van der Waals surface area (Å²) in [7, 11) is 0. The van der Waals surface area contributed by atoms with Crippen LogP contribution in [0.5, 0.6) is 0 Å². The van der Waals surface area contributed by atoms with Gasteiger partial charge in [-0.15, -0.1) is 16.8 Å². The van der Waals surface area contributed by atoms with Crippen LogP contribution < -0.4 is 11.2 Å². The van der Waals surface area contributed by atoms with Crippen LogP contribution in [0.1, 0.15) is 6.92 Å². The molecule has 0 spiro atoms. The molecule has 1 aromatic carbocycles. The fourth-order valence-corrected chi connectivity index (χ4v) is 3.03. The van der Waals surface area contributed by atoms with Gasteiger partial charge in [0.2, 0.25) is 11.1 Å². The number of nitrogen functional groups attached to an aromatic ring is 1. The molecule has 0 aliphatic carbocycles. The number of carbonyl (C=O) groups excluding carboxylic acids is 1. The normalized spacial score (nSPS) is 12.0. The highest BCUT2D eigenvalue weighted by Gasteiger charge is 2.20. The maximum Gasteiger partial charge on any atom is 0.233 e. The first-order valence-electron chi connectivity index (χ1n) is 6.65. The van der Waals surface area contributed by atoms with Crippen LogP contribution in [0.25, 0.3) is 11.4 Å². The lowest BCUT2D eigenvalue weighted by atomic mass is 10.2. The summed E-state index contributed by atoms with van der Waals surface area (Å²) in [6, 6.07) is 5.01. The van der Waals surface area contributed by atoms with Gasteiger partial charge in [0.05, 0.1) is 10.3 Å². The first-order chi connectivity index (χ1) is 10.9. The summed E-state index contributed by atoms with van der Waals surface area (Å²) in [5, 5.41) is 11.7. The number of nitrogens with two attached hydrogens (primary N) is 1. The molecule has 0 aliphatic rings. The van der Waals surface area contributed by atoms with Crippen molar-refractivity contribution in [3.63, 3.8) is 0 Å². The summed E-state index contributed by atoms with van der Waals surface area (Å²) in [5.41, 5.74) is 0.613. The van der Waals surface area contributed by atoms with Crippen molar-refractivity contribution in [1.29, 1.82) is 0 Å². The molecular weight excluding hydrogens is 357 g/mol. The van der Waals surface area contributed by atoms with E-state index in [1.807, 2.05) is 0 Å². The van der Waals surface area contributed by atoms with Crippen molar-refractivity contribution in [1.82, 2.24) is 20.2 Å². The van der Waals surface area contributed by atoms with Gasteiger partial charge in [-0.3, -0.25) is 4.79 Å². The second-order valence-corrected chi connectivity index (χ2v) is 6.75. The maximum absolute atomic E-state index is 11.9. The van der Waals surface area contributed by atoms with Crippen LogP contribution in [0.3, 0.4) is 0 Å². The Morgan fingerprint density at radius 1 is 1.52 bits per heavy atom. The molecule has 1 amide bonds. The molecule has 1 atom stereocenters. The number of benzene rings is 1. The fourth-order valence-electron chi connectivity index (χ4n) is 1.74. The van der Waals surface area contributed by atoms with Crippen LogP contribution in [-0.4, -0.2) is 32.6 Å². The maximum atomic E-state index is 11.9. The van der Waals surface area contributed by atoms with E-state index in [0.717, 1.165) is 0 Å². The van der Waals surface area contributed by atoms with Crippen molar-refractivity contribution in [2.75, 3.05) is 12.4 Å². The average molecular weight is 372 g/mol. The molecule has 122 valence electrons. The van der Waals surface area contributed by atoms with Crippen LogP contribution in [0.15, 0.2) is 36.0 Å². The van der Waals surface area contributed by atoms with Crippen LogP contribution in [0.4, 0.5) is 0 Å². The molecule has 0 fully saturated rings. The van der Waals surface area contributed by atoms with Crippen LogP contribution in [0.2, 0.25) is 10.0 Å². The molecule has 0 saturated carbocycles. The van der Waals surface area contributed by atoms with Gasteiger partial charge in [0.25, 0.3) is 0 Å². The Balaban J connectivity index is 2.19. The zero-order valence-corrected chi connectivity index (χ0v) is 14.6. The quantitative estimate of drug-likeness (QED) is 0.463. The Labute approximate surface area is 148 Å². The number of amides is 1. The van der Waals surface area contributed by atoms with Gasteiger partial charge in [0, 0.05) is 17.1 Å². The molecule has 2 aromatic rings. The van der Waals surface area contributed by atoms with Crippen molar-refractivity contribution in [3.8, 4) is 11.4 Å². The van der Waals surface area contributed by atoms with E-state index in [1.54, 1.807) is 31.2 Å². The van der Waals surface area contributed by atoms with Crippen LogP contribution in [0, 0.1) is 0 Å². The number of rotatable bonds is 6. The monoisotopic (exact) mass is 371 g/mol. The molecule has 9 heteroatoms. The third-order valence-electron chi connectivity index (χ3n) is 2.91. The van der Waals surface area contributed by atoms with Gasteiger partial charge in [-0.05, 0) is 25.1 Å². The highest BCUT2D eigenvalue weighted by molar-refractivity contribution is 8.00. The SMILES string of the molecule is C=CCNC(=O)C(C)Sc1nnc(-c2ccc(Cl)cc2Cl)n1N. The minimum Gasteiger partial charge on any atom is -0.352 e. The predicted molar refractivity (Wildman–Crippen MR) is 94.2 cm³/mol. The zero-order valence-electron chi connectivity index (χ0n) is 12.3. The van der Waals surface area contributed by atoms with E-state index < -0.39 is 0 Å². The van der Waals surface area contributed by atoms with Gasteiger partial charge in [0.15, 0.2) is 5.82 Å². The summed E-state index contributed by atoms with van der Waals surface area (Å²) < 4.78 is 1.30. The molecule has 23 heavy (non-hydrogen) atoms. The summed E-state index contributed by atoms with van der Waals surface area (Å²) in [6.45, 7) is 5.72. The van der Waals surface area contributed by atoms with E-state index in [0.29, 0.717) is 33.1 Å². The predicted octanol–water partition coefficient (Wildman–Crippen LogP) is 2.75. The molecule has 3 N–H and O–H groups in total. The minimum absolute atomic E-state index is 0.135. The van der Waals surface area contributed by atoms with E-state index >= 15 is 0 Å². The van der Waals surface area contributed by atoms with E-state index in [9.17, 15) is 4.79 Å². The van der Waals surface area contributed by atoms with Gasteiger partial charge in [0.1, 0.15) is 0 Å². The van der Waals surface area contributed by atoms with E-state index in [1.165, 1.54) is 16.4 Å². The minimum atomic E-state index is -0.380. The molecule has 1 aromatic heterocycles. The Morgan fingerprint density at radius 3 is 2.91 bits per heavy atom. The lowest BCUT2D eigenvalue weighted by Crippen LogP contribution is -2.31. The second-order valence-electron chi connectivity index (χ2n) is 4.59. The largest absolute Gasteiger partial charge is 0.352 e. The van der Waals surface area contributed by atoms with E-state index in [-0.39, 0.29) is 11.2 Å². The average Bonchev–Trinajstić information content (AvgIpc) is 2.86. The number of thioether (sulfide) groups is 1. The smallest absolute Gasteiger partial charge is 0.233 e. The third kappa shape index (κ3) is 4.19.